The predicted molar refractivity (Wildman–Crippen MR) is 101 cm³/mol. The van der Waals surface area contributed by atoms with Gasteiger partial charge in [0.05, 0.1) is 17.1 Å². The minimum absolute atomic E-state index is 0.0256. The van der Waals surface area contributed by atoms with E-state index in [-0.39, 0.29) is 30.6 Å². The highest BCUT2D eigenvalue weighted by atomic mass is 19.3. The van der Waals surface area contributed by atoms with Crippen LogP contribution in [0.4, 0.5) is 8.78 Å². The number of fused-ring (bicyclic) bond motifs is 1. The molecule has 0 bridgehead atoms. The van der Waals surface area contributed by atoms with E-state index in [0.717, 1.165) is 4.57 Å². The summed E-state index contributed by atoms with van der Waals surface area (Å²) in [5, 5.41) is 5.31. The van der Waals surface area contributed by atoms with Crippen molar-refractivity contribution in [3.8, 4) is 0 Å². The predicted octanol–water partition coefficient (Wildman–Crippen LogP) is 3.43. The van der Waals surface area contributed by atoms with Crippen LogP contribution in [-0.2, 0) is 4.79 Å². The van der Waals surface area contributed by atoms with E-state index in [2.05, 4.69) is 15.6 Å². The standard InChI is InChI=1S/C20H20F2N4O2/c1-13(18-25-15-9-5-6-10-16(15)26(18)20(21)22)24-17(27)11-12-23-19(28)14-7-3-2-4-8-14/h2-10,13,20H,11-12H2,1H3,(H,23,28)(H,24,27)/t13-/m1/s1. The van der Waals surface area contributed by atoms with Crippen molar-refractivity contribution in [1.82, 2.24) is 20.2 Å². The lowest BCUT2D eigenvalue weighted by molar-refractivity contribution is -0.121. The van der Waals surface area contributed by atoms with Crippen LogP contribution in [0.1, 0.15) is 42.1 Å². The molecule has 3 rings (SSSR count). The highest BCUT2D eigenvalue weighted by Crippen LogP contribution is 2.26. The first kappa shape index (κ1) is 19.5. The van der Waals surface area contributed by atoms with Crippen molar-refractivity contribution in [3.63, 3.8) is 0 Å². The summed E-state index contributed by atoms with van der Waals surface area (Å²) >= 11 is 0. The second-order valence-corrected chi connectivity index (χ2v) is 6.27. The van der Waals surface area contributed by atoms with Gasteiger partial charge in [-0.1, -0.05) is 30.3 Å². The maximum absolute atomic E-state index is 13.5. The molecular weight excluding hydrogens is 366 g/mol. The van der Waals surface area contributed by atoms with Gasteiger partial charge in [0.15, 0.2) is 0 Å². The van der Waals surface area contributed by atoms with Crippen molar-refractivity contribution >= 4 is 22.8 Å². The van der Waals surface area contributed by atoms with Gasteiger partial charge in [-0.25, -0.2) is 4.98 Å². The smallest absolute Gasteiger partial charge is 0.320 e. The zero-order valence-corrected chi connectivity index (χ0v) is 15.2. The van der Waals surface area contributed by atoms with E-state index in [1.807, 2.05) is 0 Å². The summed E-state index contributed by atoms with van der Waals surface area (Å²) in [6.45, 7) is -1.04. The molecule has 0 saturated heterocycles. The van der Waals surface area contributed by atoms with Crippen LogP contribution in [-0.4, -0.2) is 27.9 Å². The molecule has 0 spiro atoms. The van der Waals surface area contributed by atoms with Gasteiger partial charge in [0.25, 0.3) is 5.91 Å². The Bertz CT molecular complexity index is 973. The molecule has 3 aromatic rings. The lowest BCUT2D eigenvalue weighted by Gasteiger charge is -2.16. The van der Waals surface area contributed by atoms with Crippen LogP contribution >= 0.6 is 0 Å². The largest absolute Gasteiger partial charge is 0.352 e. The van der Waals surface area contributed by atoms with Crippen molar-refractivity contribution in [1.29, 1.82) is 0 Å². The molecule has 2 aromatic carbocycles. The Morgan fingerprint density at radius 3 is 2.46 bits per heavy atom. The fourth-order valence-electron chi connectivity index (χ4n) is 2.93. The number of alkyl halides is 2. The molecule has 2 N–H and O–H groups in total. The molecule has 0 unspecified atom stereocenters. The maximum Gasteiger partial charge on any atom is 0.320 e. The van der Waals surface area contributed by atoms with Gasteiger partial charge in [-0.2, -0.15) is 8.78 Å². The Morgan fingerprint density at radius 2 is 1.75 bits per heavy atom. The third-order valence-electron chi connectivity index (χ3n) is 4.26. The molecule has 8 heteroatoms. The van der Waals surface area contributed by atoms with Crippen LogP contribution in [0.15, 0.2) is 54.6 Å². The van der Waals surface area contributed by atoms with Gasteiger partial charge in [0.1, 0.15) is 5.82 Å². The number of aromatic nitrogens is 2. The van der Waals surface area contributed by atoms with Gasteiger partial charge in [-0.05, 0) is 31.2 Å². The van der Waals surface area contributed by atoms with Gasteiger partial charge in [-0.15, -0.1) is 0 Å². The number of amides is 2. The van der Waals surface area contributed by atoms with E-state index in [1.54, 1.807) is 61.5 Å². The van der Waals surface area contributed by atoms with Crippen LogP contribution in [0.5, 0.6) is 0 Å². The number of hydrogen-bond acceptors (Lipinski definition) is 3. The van der Waals surface area contributed by atoms with Gasteiger partial charge < -0.3 is 10.6 Å². The summed E-state index contributed by atoms with van der Waals surface area (Å²) < 4.78 is 27.8. The summed E-state index contributed by atoms with van der Waals surface area (Å²) in [4.78, 5) is 28.3. The number of nitrogens with one attached hydrogen (secondary N) is 2. The number of carbonyl (C=O) groups is 2. The van der Waals surface area contributed by atoms with Crippen LogP contribution < -0.4 is 10.6 Å². The normalized spacial score (nSPS) is 12.1. The fraction of sp³-hybridized carbons (Fsp3) is 0.250. The van der Waals surface area contributed by atoms with E-state index in [1.165, 1.54) is 0 Å². The fourth-order valence-corrected chi connectivity index (χ4v) is 2.93. The number of imidazole rings is 1. The number of rotatable bonds is 7. The lowest BCUT2D eigenvalue weighted by Crippen LogP contribution is -2.33. The monoisotopic (exact) mass is 386 g/mol. The molecule has 146 valence electrons. The third-order valence-corrected chi connectivity index (χ3v) is 4.26. The molecule has 0 fully saturated rings. The highest BCUT2D eigenvalue weighted by molar-refractivity contribution is 5.94. The van der Waals surface area contributed by atoms with Gasteiger partial charge in [0.2, 0.25) is 5.91 Å². The molecule has 28 heavy (non-hydrogen) atoms. The van der Waals surface area contributed by atoms with E-state index >= 15 is 0 Å². The number of carbonyl (C=O) groups excluding carboxylic acids is 2. The number of benzene rings is 2. The third kappa shape index (κ3) is 4.33. The zero-order chi connectivity index (χ0) is 20.1. The molecule has 0 aliphatic carbocycles. The van der Waals surface area contributed by atoms with E-state index in [4.69, 9.17) is 0 Å². The summed E-state index contributed by atoms with van der Waals surface area (Å²) in [5.74, 6) is -0.562. The number of nitrogens with zero attached hydrogens (tertiary/aromatic N) is 2. The Morgan fingerprint density at radius 1 is 1.07 bits per heavy atom. The molecule has 0 aliphatic heterocycles. The van der Waals surface area contributed by atoms with Crippen molar-refractivity contribution in [2.45, 2.75) is 25.9 Å². The van der Waals surface area contributed by atoms with Crippen LogP contribution in [0.2, 0.25) is 0 Å². The Kier molecular flexibility index (Phi) is 5.98. The van der Waals surface area contributed by atoms with Gasteiger partial charge in [0, 0.05) is 18.5 Å². The van der Waals surface area contributed by atoms with Crippen molar-refractivity contribution < 1.29 is 18.4 Å². The van der Waals surface area contributed by atoms with Crippen molar-refractivity contribution in [2.24, 2.45) is 0 Å². The first-order valence-corrected chi connectivity index (χ1v) is 8.85. The number of para-hydroxylation sites is 2. The SMILES string of the molecule is C[C@@H](NC(=O)CCNC(=O)c1ccccc1)c1nc2ccccc2n1C(F)F. The number of hydrogen-bond donors (Lipinski definition) is 2. The van der Waals surface area contributed by atoms with Crippen LogP contribution in [0.3, 0.4) is 0 Å². The topological polar surface area (TPSA) is 76.0 Å². The first-order valence-electron chi connectivity index (χ1n) is 8.85. The van der Waals surface area contributed by atoms with E-state index in [9.17, 15) is 18.4 Å². The molecule has 0 aliphatic rings. The molecule has 6 nitrogen and oxygen atoms in total. The summed E-state index contributed by atoms with van der Waals surface area (Å²) in [6.07, 6.45) is 0.0256. The minimum Gasteiger partial charge on any atom is -0.352 e. The molecule has 1 heterocycles. The molecule has 1 atom stereocenters. The Balaban J connectivity index is 1.59. The highest BCUT2D eigenvalue weighted by Gasteiger charge is 2.22. The minimum atomic E-state index is -2.77. The molecule has 0 radical (unpaired) electrons. The summed E-state index contributed by atoms with van der Waals surface area (Å²) in [7, 11) is 0. The first-order chi connectivity index (χ1) is 13.5. The van der Waals surface area contributed by atoms with Crippen molar-refractivity contribution in [2.75, 3.05) is 6.54 Å². The molecule has 2 amide bonds. The maximum atomic E-state index is 13.5. The molecule has 1 aromatic heterocycles. The Hall–Kier alpha value is -3.29. The second kappa shape index (κ2) is 8.60. The van der Waals surface area contributed by atoms with Crippen LogP contribution in [0.25, 0.3) is 11.0 Å². The van der Waals surface area contributed by atoms with E-state index in [0.29, 0.717) is 16.6 Å². The van der Waals surface area contributed by atoms with Gasteiger partial charge >= 0.3 is 6.55 Å². The molecular formula is C20H20F2N4O2. The summed E-state index contributed by atoms with van der Waals surface area (Å²) in [5.41, 5.74) is 1.25. The summed E-state index contributed by atoms with van der Waals surface area (Å²) in [6, 6.07) is 14.5. The van der Waals surface area contributed by atoms with E-state index < -0.39 is 12.6 Å². The van der Waals surface area contributed by atoms with Crippen LogP contribution in [0, 0.1) is 0 Å². The zero-order valence-electron chi connectivity index (χ0n) is 15.2. The second-order valence-electron chi connectivity index (χ2n) is 6.27. The lowest BCUT2D eigenvalue weighted by atomic mass is 10.2. The van der Waals surface area contributed by atoms with Crippen molar-refractivity contribution in [3.05, 3.63) is 66.0 Å². The average Bonchev–Trinajstić information content (AvgIpc) is 3.08. The quantitative estimate of drug-likeness (QED) is 0.653. The Labute approximate surface area is 160 Å². The number of halogens is 2. The molecule has 0 saturated carbocycles. The average molecular weight is 386 g/mol. The van der Waals surface area contributed by atoms with Gasteiger partial charge in [-0.3, -0.25) is 14.2 Å².